The lowest BCUT2D eigenvalue weighted by atomic mass is 10.2. The van der Waals surface area contributed by atoms with Crippen molar-refractivity contribution in [2.45, 2.75) is 16.3 Å². The molecule has 0 unspecified atom stereocenters. The van der Waals surface area contributed by atoms with E-state index < -0.39 is 0 Å². The van der Waals surface area contributed by atoms with Crippen LogP contribution in [0.2, 0.25) is 0 Å². The van der Waals surface area contributed by atoms with Gasteiger partial charge >= 0.3 is 0 Å². The van der Waals surface area contributed by atoms with Gasteiger partial charge in [-0.05, 0) is 23.8 Å². The van der Waals surface area contributed by atoms with Gasteiger partial charge in [-0.15, -0.1) is 0 Å². The molecule has 22 heavy (non-hydrogen) atoms. The van der Waals surface area contributed by atoms with Crippen molar-refractivity contribution in [3.05, 3.63) is 54.1 Å². The van der Waals surface area contributed by atoms with Gasteiger partial charge in [-0.2, -0.15) is 0 Å². The molecule has 2 aromatic rings. The lowest BCUT2D eigenvalue weighted by Crippen LogP contribution is -3.00. The molecule has 0 aromatic heterocycles. The smallest absolute Gasteiger partial charge is 0.0958 e. The van der Waals surface area contributed by atoms with E-state index in [0.29, 0.717) is 0 Å². The maximum absolute atomic E-state index is 2.53. The summed E-state index contributed by atoms with van der Waals surface area (Å²) in [6, 6.07) is 17.5. The van der Waals surface area contributed by atoms with Crippen LogP contribution in [0.3, 0.4) is 0 Å². The van der Waals surface area contributed by atoms with E-state index >= 15 is 0 Å². The van der Waals surface area contributed by atoms with E-state index in [1.165, 1.54) is 21.0 Å². The number of hydrogen-bond acceptors (Lipinski definition) is 2. The Kier molecular flexibility index (Phi) is 5.80. The topological polar surface area (TPSA) is 3.24 Å². The van der Waals surface area contributed by atoms with Crippen molar-refractivity contribution in [3.8, 4) is 0 Å². The highest BCUT2D eigenvalue weighted by Crippen LogP contribution is 2.40. The molecule has 2 aromatic carbocycles. The van der Waals surface area contributed by atoms with Crippen LogP contribution < -0.4 is 28.9 Å². The van der Waals surface area contributed by atoms with Crippen LogP contribution in [0.15, 0.2) is 58.3 Å². The first kappa shape index (κ1) is 17.6. The number of benzene rings is 2. The first-order valence-electron chi connectivity index (χ1n) is 7.43. The van der Waals surface area contributed by atoms with Crippen LogP contribution in [0.25, 0.3) is 0 Å². The van der Waals surface area contributed by atoms with Gasteiger partial charge in [0.1, 0.15) is 0 Å². The highest BCUT2D eigenvalue weighted by molar-refractivity contribution is 7.99. The average molecular weight is 426 g/mol. The van der Waals surface area contributed by atoms with Crippen LogP contribution >= 0.6 is 11.8 Å². The highest BCUT2D eigenvalue weighted by Gasteiger charge is 2.20. The fraction of sp³-hybridized carbons (Fsp3) is 0.333. The standard InChI is InChI=1S/C18H23N2S.HI/c1-20(2,3)13-12-19-14-15-8-4-6-10-17(15)21-18-11-7-5-9-16(18)19;/h4-11H,12-14H2,1-3H3;1H/q+1;/p-1. The lowest BCUT2D eigenvalue weighted by molar-refractivity contribution is -0.868. The molecule has 0 N–H and O–H groups in total. The number of fused-ring (bicyclic) bond motifs is 2. The van der Waals surface area contributed by atoms with Gasteiger partial charge in [0.25, 0.3) is 0 Å². The largest absolute Gasteiger partial charge is 1.00 e. The van der Waals surface area contributed by atoms with Crippen molar-refractivity contribution in [2.24, 2.45) is 0 Å². The van der Waals surface area contributed by atoms with Crippen LogP contribution in [-0.2, 0) is 6.54 Å². The summed E-state index contributed by atoms with van der Waals surface area (Å²) >= 11 is 1.89. The van der Waals surface area contributed by atoms with Gasteiger partial charge in [-0.1, -0.05) is 42.1 Å². The van der Waals surface area contributed by atoms with Crippen molar-refractivity contribution in [1.29, 1.82) is 0 Å². The zero-order valence-electron chi connectivity index (χ0n) is 13.4. The SMILES string of the molecule is C[N+](C)(C)CCN1Cc2ccccc2Sc2ccccc21.[I-]. The van der Waals surface area contributed by atoms with Crippen molar-refractivity contribution in [1.82, 2.24) is 0 Å². The number of rotatable bonds is 3. The fourth-order valence-electron chi connectivity index (χ4n) is 2.57. The van der Waals surface area contributed by atoms with Gasteiger partial charge in [0.2, 0.25) is 0 Å². The van der Waals surface area contributed by atoms with E-state index in [9.17, 15) is 0 Å². The second-order valence-electron chi connectivity index (χ2n) is 6.61. The fourth-order valence-corrected chi connectivity index (χ4v) is 3.66. The summed E-state index contributed by atoms with van der Waals surface area (Å²) in [5.74, 6) is 0. The predicted octanol–water partition coefficient (Wildman–Crippen LogP) is 0.868. The molecule has 0 aliphatic carbocycles. The molecule has 1 heterocycles. The van der Waals surface area contributed by atoms with Crippen molar-refractivity contribution < 1.29 is 28.5 Å². The Hall–Kier alpha value is -0.720. The lowest BCUT2D eigenvalue weighted by Gasteiger charge is -2.30. The summed E-state index contributed by atoms with van der Waals surface area (Å²) in [5.41, 5.74) is 2.80. The number of nitrogens with zero attached hydrogens (tertiary/aromatic N) is 2. The molecule has 0 saturated heterocycles. The van der Waals surface area contributed by atoms with Gasteiger partial charge in [0.05, 0.1) is 39.9 Å². The molecule has 2 nitrogen and oxygen atoms in total. The van der Waals surface area contributed by atoms with E-state index in [2.05, 4.69) is 74.6 Å². The summed E-state index contributed by atoms with van der Waals surface area (Å²) < 4.78 is 0.994. The Balaban J connectivity index is 0.00000176. The molecule has 0 radical (unpaired) electrons. The summed E-state index contributed by atoms with van der Waals surface area (Å²) in [6.45, 7) is 3.22. The molecule has 0 saturated carbocycles. The molecular weight excluding hydrogens is 403 g/mol. The molecule has 0 fully saturated rings. The third-order valence-corrected chi connectivity index (χ3v) is 4.98. The minimum absolute atomic E-state index is 0. The molecule has 0 amide bonds. The third-order valence-electron chi connectivity index (χ3n) is 3.80. The van der Waals surface area contributed by atoms with Crippen LogP contribution in [0, 0.1) is 0 Å². The maximum atomic E-state index is 2.53. The normalized spacial score (nSPS) is 13.7. The Bertz CT molecular complexity index is 637. The molecule has 1 aliphatic rings. The number of anilines is 1. The summed E-state index contributed by atoms with van der Waals surface area (Å²) in [6.07, 6.45) is 0. The van der Waals surface area contributed by atoms with Crippen LogP contribution in [-0.4, -0.2) is 38.7 Å². The van der Waals surface area contributed by atoms with Crippen LogP contribution in [0.4, 0.5) is 5.69 Å². The van der Waals surface area contributed by atoms with Gasteiger partial charge in [0, 0.05) is 16.3 Å². The molecule has 3 rings (SSSR count). The summed E-state index contributed by atoms with van der Waals surface area (Å²) in [7, 11) is 6.77. The molecule has 118 valence electrons. The highest BCUT2D eigenvalue weighted by atomic mass is 127. The molecular formula is C18H23IN2S. The van der Waals surface area contributed by atoms with Gasteiger partial charge < -0.3 is 33.4 Å². The monoisotopic (exact) mass is 426 g/mol. The van der Waals surface area contributed by atoms with Crippen molar-refractivity contribution in [3.63, 3.8) is 0 Å². The van der Waals surface area contributed by atoms with Crippen molar-refractivity contribution in [2.75, 3.05) is 39.1 Å². The zero-order valence-corrected chi connectivity index (χ0v) is 16.4. The molecule has 0 bridgehead atoms. The quantitative estimate of drug-likeness (QED) is 0.530. The number of para-hydroxylation sites is 1. The second kappa shape index (κ2) is 7.23. The minimum Gasteiger partial charge on any atom is -1.00 e. The summed E-state index contributed by atoms with van der Waals surface area (Å²) in [5, 5.41) is 0. The number of quaternary nitrogens is 1. The van der Waals surface area contributed by atoms with E-state index in [1.54, 1.807) is 0 Å². The van der Waals surface area contributed by atoms with E-state index in [0.717, 1.165) is 24.1 Å². The van der Waals surface area contributed by atoms with E-state index in [-0.39, 0.29) is 24.0 Å². The Morgan fingerprint density at radius 2 is 1.59 bits per heavy atom. The van der Waals surface area contributed by atoms with Gasteiger partial charge in [-0.3, -0.25) is 0 Å². The zero-order chi connectivity index (χ0) is 14.9. The minimum atomic E-state index is 0. The number of likely N-dealkylation sites (N-methyl/N-ethyl adjacent to an activating group) is 1. The molecule has 1 aliphatic heterocycles. The third kappa shape index (κ3) is 4.18. The second-order valence-corrected chi connectivity index (χ2v) is 7.70. The average Bonchev–Trinajstić information content (AvgIpc) is 2.60. The molecule has 4 heteroatoms. The Morgan fingerprint density at radius 1 is 0.955 bits per heavy atom. The predicted molar refractivity (Wildman–Crippen MR) is 91.0 cm³/mol. The Morgan fingerprint density at radius 3 is 2.32 bits per heavy atom. The first-order chi connectivity index (χ1) is 10.0. The van der Waals surface area contributed by atoms with Crippen molar-refractivity contribution >= 4 is 17.4 Å². The first-order valence-corrected chi connectivity index (χ1v) is 8.25. The van der Waals surface area contributed by atoms with E-state index in [1.807, 2.05) is 11.8 Å². The molecule has 0 atom stereocenters. The van der Waals surface area contributed by atoms with Gasteiger partial charge in [0.15, 0.2) is 0 Å². The van der Waals surface area contributed by atoms with Crippen LogP contribution in [0.5, 0.6) is 0 Å². The van der Waals surface area contributed by atoms with Gasteiger partial charge in [-0.25, -0.2) is 0 Å². The van der Waals surface area contributed by atoms with E-state index in [4.69, 9.17) is 0 Å². The maximum Gasteiger partial charge on any atom is 0.0958 e. The number of hydrogen-bond donors (Lipinski definition) is 0. The number of halogens is 1. The van der Waals surface area contributed by atoms with Crippen LogP contribution in [0.1, 0.15) is 5.56 Å². The molecule has 0 spiro atoms. The Labute approximate surface area is 155 Å². The summed E-state index contributed by atoms with van der Waals surface area (Å²) in [4.78, 5) is 5.28.